The molecule has 0 aliphatic carbocycles. The minimum Gasteiger partial charge on any atom is -0.392 e. The van der Waals surface area contributed by atoms with Gasteiger partial charge in [-0.1, -0.05) is 31.1 Å². The van der Waals surface area contributed by atoms with Gasteiger partial charge in [-0.3, -0.25) is 4.79 Å². The summed E-state index contributed by atoms with van der Waals surface area (Å²) in [6.07, 6.45) is 2.52. The Morgan fingerprint density at radius 2 is 2.00 bits per heavy atom. The van der Waals surface area contributed by atoms with E-state index in [1.165, 1.54) is 43.0 Å². The van der Waals surface area contributed by atoms with Gasteiger partial charge in [-0.2, -0.15) is 4.73 Å². The maximum absolute atomic E-state index is 13.5. The summed E-state index contributed by atoms with van der Waals surface area (Å²) in [5.41, 5.74) is -0.580. The maximum atomic E-state index is 13.5. The molecule has 3 aromatic rings. The Morgan fingerprint density at radius 3 is 2.58 bits per heavy atom. The van der Waals surface area contributed by atoms with Crippen molar-refractivity contribution in [2.24, 2.45) is 5.92 Å². The summed E-state index contributed by atoms with van der Waals surface area (Å²) < 4.78 is 19.6. The topological polar surface area (TPSA) is 140 Å². The third-order valence-corrected chi connectivity index (χ3v) is 6.11. The second-order valence-electron chi connectivity index (χ2n) is 9.10. The molecule has 0 radical (unpaired) electrons. The van der Waals surface area contributed by atoms with Crippen LogP contribution in [0.5, 0.6) is 0 Å². The minimum absolute atomic E-state index is 0.0149. The number of halogens is 1. The molecule has 0 aliphatic rings. The van der Waals surface area contributed by atoms with Gasteiger partial charge >= 0.3 is 5.97 Å². The SMILES string of the molecule is Cc1cc(CNC(=O)CC[C@@](O)(C[C@@H](O)C(C(=O)On2ccnc2)c2ccc(F)cc2)C(C)C)no1. The van der Waals surface area contributed by atoms with Crippen molar-refractivity contribution >= 4 is 11.9 Å². The van der Waals surface area contributed by atoms with Gasteiger partial charge in [0, 0.05) is 25.1 Å². The fourth-order valence-electron chi connectivity index (χ4n) is 3.86. The molecule has 3 atom stereocenters. The molecule has 0 fully saturated rings. The van der Waals surface area contributed by atoms with Crippen LogP contribution in [0.1, 0.15) is 56.0 Å². The van der Waals surface area contributed by atoms with Crippen LogP contribution >= 0.6 is 0 Å². The fraction of sp³-hybridized carbons (Fsp3) is 0.440. The summed E-state index contributed by atoms with van der Waals surface area (Å²) in [7, 11) is 0. The first-order valence-corrected chi connectivity index (χ1v) is 11.6. The smallest absolute Gasteiger partial charge is 0.342 e. The molecule has 2 aromatic heterocycles. The molecule has 11 heteroatoms. The predicted molar refractivity (Wildman–Crippen MR) is 126 cm³/mol. The number of carbonyl (C=O) groups excluding carboxylic acids is 2. The zero-order chi connectivity index (χ0) is 26.3. The van der Waals surface area contributed by atoms with Crippen LogP contribution in [0.2, 0.25) is 0 Å². The lowest BCUT2D eigenvalue weighted by Gasteiger charge is -2.35. The number of aromatic nitrogens is 3. The zero-order valence-electron chi connectivity index (χ0n) is 20.4. The molecular weight excluding hydrogens is 471 g/mol. The molecule has 0 saturated carbocycles. The quantitative estimate of drug-likeness (QED) is 0.343. The van der Waals surface area contributed by atoms with Gasteiger partial charge in [0.05, 0.1) is 24.4 Å². The highest BCUT2D eigenvalue weighted by atomic mass is 19.1. The van der Waals surface area contributed by atoms with Crippen LogP contribution in [0.4, 0.5) is 4.39 Å². The number of nitrogens with one attached hydrogen (secondary N) is 1. The first kappa shape index (κ1) is 27.0. The summed E-state index contributed by atoms with van der Waals surface area (Å²) in [5.74, 6) is -2.55. The summed E-state index contributed by atoms with van der Waals surface area (Å²) >= 11 is 0. The lowest BCUT2D eigenvalue weighted by Crippen LogP contribution is -2.43. The monoisotopic (exact) mass is 502 g/mol. The van der Waals surface area contributed by atoms with E-state index in [-0.39, 0.29) is 37.6 Å². The Kier molecular flexibility index (Phi) is 8.94. The van der Waals surface area contributed by atoms with Crippen molar-refractivity contribution in [2.45, 2.75) is 64.2 Å². The number of nitrogens with zero attached hydrogens (tertiary/aromatic N) is 3. The predicted octanol–water partition coefficient (Wildman–Crippen LogP) is 2.29. The molecule has 0 bridgehead atoms. The van der Waals surface area contributed by atoms with Gasteiger partial charge in [0.15, 0.2) is 0 Å². The molecule has 1 amide bonds. The molecule has 1 aromatic carbocycles. The number of rotatable bonds is 12. The lowest BCUT2D eigenvalue weighted by molar-refractivity contribution is -0.151. The standard InChI is InChI=1S/C25H31FN4O6/c1-16(2)25(34,9-8-22(32)28-14-20-12-17(3)35-29-20)13-21(31)23(18-4-6-19(26)7-5-18)24(33)36-30-11-10-27-15-30/h4-7,10-12,15-16,21,23,31,34H,8-9,13-14H2,1-3H3,(H,28,32)/t21-,23?,25-/m1/s1. The van der Waals surface area contributed by atoms with Gasteiger partial charge in [-0.15, -0.1) is 0 Å². The molecule has 0 spiro atoms. The number of hydrogen-bond acceptors (Lipinski definition) is 8. The third-order valence-electron chi connectivity index (χ3n) is 6.11. The van der Waals surface area contributed by atoms with Crippen molar-refractivity contribution in [1.29, 1.82) is 0 Å². The van der Waals surface area contributed by atoms with Gasteiger partial charge < -0.3 is 24.9 Å². The number of aliphatic hydroxyl groups is 2. The Labute approximate surface area is 208 Å². The van der Waals surface area contributed by atoms with E-state index in [0.717, 1.165) is 4.73 Å². The molecule has 3 N–H and O–H groups in total. The third kappa shape index (κ3) is 7.22. The van der Waals surface area contributed by atoms with Crippen molar-refractivity contribution in [1.82, 2.24) is 20.2 Å². The Bertz CT molecular complexity index is 1130. The Morgan fingerprint density at radius 1 is 1.28 bits per heavy atom. The van der Waals surface area contributed by atoms with E-state index in [1.807, 2.05) is 0 Å². The van der Waals surface area contributed by atoms with Crippen molar-refractivity contribution < 1.29 is 33.6 Å². The molecule has 2 heterocycles. The maximum Gasteiger partial charge on any atom is 0.342 e. The van der Waals surface area contributed by atoms with Crippen LogP contribution in [0.15, 0.2) is 53.6 Å². The van der Waals surface area contributed by atoms with Gasteiger partial charge in [0.1, 0.15) is 29.5 Å². The van der Waals surface area contributed by atoms with Gasteiger partial charge in [0.25, 0.3) is 0 Å². The molecule has 0 aliphatic heterocycles. The van der Waals surface area contributed by atoms with E-state index in [9.17, 15) is 24.2 Å². The van der Waals surface area contributed by atoms with Crippen LogP contribution < -0.4 is 10.2 Å². The van der Waals surface area contributed by atoms with Crippen molar-refractivity contribution in [3.8, 4) is 0 Å². The summed E-state index contributed by atoms with van der Waals surface area (Å²) in [6.45, 7) is 5.46. The number of hydrogen-bond donors (Lipinski definition) is 3. The summed E-state index contributed by atoms with van der Waals surface area (Å²) in [4.78, 5) is 34.5. The normalized spacial score (nSPS) is 14.8. The first-order chi connectivity index (χ1) is 17.1. The highest BCUT2D eigenvalue weighted by Gasteiger charge is 2.40. The molecule has 3 rings (SSSR count). The largest absolute Gasteiger partial charge is 0.392 e. The Balaban J connectivity index is 1.70. The summed E-state index contributed by atoms with van der Waals surface area (Å²) in [5, 5.41) is 29.1. The Hall–Kier alpha value is -3.57. The average molecular weight is 503 g/mol. The number of aryl methyl sites for hydroxylation is 1. The van der Waals surface area contributed by atoms with Crippen LogP contribution in [0, 0.1) is 18.7 Å². The number of benzene rings is 1. The van der Waals surface area contributed by atoms with E-state index in [2.05, 4.69) is 15.5 Å². The van der Waals surface area contributed by atoms with Gasteiger partial charge in [0.2, 0.25) is 5.91 Å². The van der Waals surface area contributed by atoms with E-state index in [1.54, 1.807) is 26.8 Å². The number of amides is 1. The van der Waals surface area contributed by atoms with Crippen molar-refractivity contribution in [3.05, 3.63) is 71.9 Å². The van der Waals surface area contributed by atoms with Crippen LogP contribution in [0.3, 0.4) is 0 Å². The average Bonchev–Trinajstić information content (AvgIpc) is 3.49. The van der Waals surface area contributed by atoms with Crippen molar-refractivity contribution in [2.75, 3.05) is 0 Å². The lowest BCUT2D eigenvalue weighted by atomic mass is 9.77. The molecule has 36 heavy (non-hydrogen) atoms. The number of imidazole rings is 1. The highest BCUT2D eigenvalue weighted by molar-refractivity contribution is 5.79. The second-order valence-corrected chi connectivity index (χ2v) is 9.10. The molecule has 1 unspecified atom stereocenters. The van der Waals surface area contributed by atoms with Crippen molar-refractivity contribution in [3.63, 3.8) is 0 Å². The first-order valence-electron chi connectivity index (χ1n) is 11.6. The molecular formula is C25H31FN4O6. The second kappa shape index (κ2) is 11.9. The zero-order valence-corrected chi connectivity index (χ0v) is 20.4. The highest BCUT2D eigenvalue weighted by Crippen LogP contribution is 2.33. The molecule has 0 saturated heterocycles. The number of aliphatic hydroxyl groups excluding tert-OH is 1. The number of carbonyl (C=O) groups is 2. The van der Waals surface area contributed by atoms with E-state index < -0.39 is 29.4 Å². The van der Waals surface area contributed by atoms with Gasteiger partial charge in [-0.05, 0) is 37.0 Å². The summed E-state index contributed by atoms with van der Waals surface area (Å²) in [6, 6.07) is 6.82. The van der Waals surface area contributed by atoms with Crippen LogP contribution in [0.25, 0.3) is 0 Å². The van der Waals surface area contributed by atoms with E-state index >= 15 is 0 Å². The van der Waals surface area contributed by atoms with E-state index in [0.29, 0.717) is 17.0 Å². The van der Waals surface area contributed by atoms with Crippen LogP contribution in [-0.4, -0.2) is 48.7 Å². The molecule has 194 valence electrons. The molecule has 10 nitrogen and oxygen atoms in total. The minimum atomic E-state index is -1.48. The fourth-order valence-corrected chi connectivity index (χ4v) is 3.86. The van der Waals surface area contributed by atoms with Gasteiger partial charge in [-0.25, -0.2) is 14.2 Å². The van der Waals surface area contributed by atoms with E-state index in [4.69, 9.17) is 9.36 Å². The van der Waals surface area contributed by atoms with Crippen LogP contribution in [-0.2, 0) is 16.1 Å².